The van der Waals surface area contributed by atoms with Gasteiger partial charge in [0.15, 0.2) is 5.82 Å². The summed E-state index contributed by atoms with van der Waals surface area (Å²) >= 11 is 0. The van der Waals surface area contributed by atoms with Crippen LogP contribution < -0.4 is 5.73 Å². The molecule has 1 aromatic heterocycles. The summed E-state index contributed by atoms with van der Waals surface area (Å²) < 4.78 is 5.22. The van der Waals surface area contributed by atoms with Gasteiger partial charge in [-0.25, -0.2) is 0 Å². The van der Waals surface area contributed by atoms with Crippen LogP contribution in [0.1, 0.15) is 35.7 Å². The van der Waals surface area contributed by atoms with E-state index in [1.165, 1.54) is 11.1 Å². The number of benzene rings is 1. The molecular weight excluding hydrogens is 250 g/mol. The van der Waals surface area contributed by atoms with Crippen molar-refractivity contribution in [2.75, 3.05) is 0 Å². The van der Waals surface area contributed by atoms with Crippen LogP contribution in [0.15, 0.2) is 28.8 Å². The Hall–Kier alpha value is -1.39. The van der Waals surface area contributed by atoms with Crippen LogP contribution in [0.3, 0.4) is 0 Å². The van der Waals surface area contributed by atoms with E-state index in [9.17, 15) is 0 Å². The first-order valence-corrected chi connectivity index (χ1v) is 5.84. The third-order valence-corrected chi connectivity index (χ3v) is 3.29. The molecule has 0 atom stereocenters. The summed E-state index contributed by atoms with van der Waals surface area (Å²) in [5.74, 6) is 1.30. The van der Waals surface area contributed by atoms with Crippen molar-refractivity contribution in [2.45, 2.75) is 31.7 Å². The lowest BCUT2D eigenvalue weighted by Gasteiger charge is -2.01. The number of halogens is 1. The van der Waals surface area contributed by atoms with Gasteiger partial charge in [0.25, 0.3) is 0 Å². The Morgan fingerprint density at radius 1 is 1.33 bits per heavy atom. The summed E-state index contributed by atoms with van der Waals surface area (Å²) in [7, 11) is 0. The lowest BCUT2D eigenvalue weighted by Crippen LogP contribution is -2.19. The number of nitrogens with zero attached hydrogens (tertiary/aromatic N) is 2. The molecule has 1 saturated carbocycles. The number of nitrogens with two attached hydrogens (primary N) is 1. The van der Waals surface area contributed by atoms with Gasteiger partial charge in [0, 0.05) is 6.42 Å². The highest BCUT2D eigenvalue weighted by atomic mass is 35.5. The lowest BCUT2D eigenvalue weighted by molar-refractivity contribution is 0.344. The molecule has 1 aliphatic rings. The van der Waals surface area contributed by atoms with Gasteiger partial charge in [0.1, 0.15) is 0 Å². The molecule has 1 fully saturated rings. The fourth-order valence-electron chi connectivity index (χ4n) is 1.86. The Morgan fingerprint density at radius 2 is 2.06 bits per heavy atom. The minimum atomic E-state index is -0.336. The maximum absolute atomic E-state index is 6.01. The van der Waals surface area contributed by atoms with Crippen LogP contribution in [0.5, 0.6) is 0 Å². The molecule has 1 aromatic carbocycles. The fraction of sp³-hybridized carbons (Fsp3) is 0.385. The standard InChI is InChI=1S/C13H15N3O.ClH/c1-9-4-2-3-5-10(9)8-11-15-12(17-16-11)13(14)6-7-13;/h2-5H,6-8,14H2,1H3;1H. The van der Waals surface area contributed by atoms with Gasteiger partial charge in [-0.05, 0) is 30.9 Å². The van der Waals surface area contributed by atoms with Gasteiger partial charge in [0.2, 0.25) is 5.89 Å². The van der Waals surface area contributed by atoms with E-state index in [0.717, 1.165) is 12.8 Å². The van der Waals surface area contributed by atoms with Crippen LogP contribution in [-0.2, 0) is 12.0 Å². The van der Waals surface area contributed by atoms with Crippen LogP contribution in [0.25, 0.3) is 0 Å². The summed E-state index contributed by atoms with van der Waals surface area (Å²) in [5.41, 5.74) is 8.14. The smallest absolute Gasteiger partial charge is 0.246 e. The monoisotopic (exact) mass is 265 g/mol. The lowest BCUT2D eigenvalue weighted by atomic mass is 10.1. The zero-order valence-corrected chi connectivity index (χ0v) is 11.0. The van der Waals surface area contributed by atoms with E-state index in [1.807, 2.05) is 12.1 Å². The highest BCUT2D eigenvalue weighted by Crippen LogP contribution is 2.41. The van der Waals surface area contributed by atoms with E-state index in [2.05, 4.69) is 29.2 Å². The molecule has 0 spiro atoms. The number of aromatic nitrogens is 2. The van der Waals surface area contributed by atoms with Gasteiger partial charge >= 0.3 is 0 Å². The molecule has 2 N–H and O–H groups in total. The molecule has 2 aromatic rings. The van der Waals surface area contributed by atoms with E-state index < -0.39 is 0 Å². The van der Waals surface area contributed by atoms with Crippen LogP contribution in [0, 0.1) is 6.92 Å². The molecule has 18 heavy (non-hydrogen) atoms. The average molecular weight is 266 g/mol. The van der Waals surface area contributed by atoms with Gasteiger partial charge < -0.3 is 10.3 Å². The highest BCUT2D eigenvalue weighted by Gasteiger charge is 2.45. The summed E-state index contributed by atoms with van der Waals surface area (Å²) in [6, 6.07) is 8.22. The van der Waals surface area contributed by atoms with Crippen LogP contribution in [0.4, 0.5) is 0 Å². The summed E-state index contributed by atoms with van der Waals surface area (Å²) in [6.45, 7) is 2.08. The molecule has 0 bridgehead atoms. The highest BCUT2D eigenvalue weighted by molar-refractivity contribution is 5.85. The summed E-state index contributed by atoms with van der Waals surface area (Å²) in [6.07, 6.45) is 2.59. The second kappa shape index (κ2) is 4.71. The second-order valence-electron chi connectivity index (χ2n) is 4.78. The molecule has 4 nitrogen and oxygen atoms in total. The second-order valence-corrected chi connectivity index (χ2v) is 4.78. The molecular formula is C13H16ClN3O. The van der Waals surface area contributed by atoms with Crippen LogP contribution in [-0.4, -0.2) is 10.1 Å². The predicted octanol–water partition coefficient (Wildman–Crippen LogP) is 2.34. The molecule has 0 radical (unpaired) electrons. The van der Waals surface area contributed by atoms with Gasteiger partial charge in [-0.2, -0.15) is 4.98 Å². The Kier molecular flexibility index (Phi) is 3.41. The Morgan fingerprint density at radius 3 is 2.72 bits per heavy atom. The Balaban J connectivity index is 0.00000120. The van der Waals surface area contributed by atoms with Crippen molar-refractivity contribution in [3.8, 4) is 0 Å². The minimum Gasteiger partial charge on any atom is -0.337 e. The van der Waals surface area contributed by atoms with Gasteiger partial charge in [-0.3, -0.25) is 0 Å². The van der Waals surface area contributed by atoms with Crippen molar-refractivity contribution in [2.24, 2.45) is 5.73 Å². The van der Waals surface area contributed by atoms with E-state index in [-0.39, 0.29) is 17.9 Å². The number of rotatable bonds is 3. The topological polar surface area (TPSA) is 64.9 Å². The van der Waals surface area contributed by atoms with Crippen LogP contribution in [0.2, 0.25) is 0 Å². The molecule has 1 aliphatic carbocycles. The van der Waals surface area contributed by atoms with Gasteiger partial charge in [-0.1, -0.05) is 29.4 Å². The van der Waals surface area contributed by atoms with Gasteiger partial charge in [-0.15, -0.1) is 12.4 Å². The molecule has 0 aliphatic heterocycles. The van der Waals surface area contributed by atoms with Crippen molar-refractivity contribution in [1.82, 2.24) is 10.1 Å². The summed E-state index contributed by atoms with van der Waals surface area (Å²) in [4.78, 5) is 4.38. The molecule has 0 saturated heterocycles. The summed E-state index contributed by atoms with van der Waals surface area (Å²) in [5, 5.41) is 3.99. The third-order valence-electron chi connectivity index (χ3n) is 3.29. The number of aryl methyl sites for hydroxylation is 1. The molecule has 1 heterocycles. The fourth-order valence-corrected chi connectivity index (χ4v) is 1.86. The normalized spacial score (nSPS) is 16.1. The Bertz CT molecular complexity index is 549. The largest absolute Gasteiger partial charge is 0.337 e. The minimum absolute atomic E-state index is 0. The molecule has 5 heteroatoms. The molecule has 0 unspecified atom stereocenters. The van der Waals surface area contributed by atoms with Crippen molar-refractivity contribution in [1.29, 1.82) is 0 Å². The predicted molar refractivity (Wildman–Crippen MR) is 70.6 cm³/mol. The maximum Gasteiger partial charge on any atom is 0.246 e. The first-order valence-electron chi connectivity index (χ1n) is 5.84. The molecule has 0 amide bonds. The zero-order chi connectivity index (χ0) is 11.9. The van der Waals surface area contributed by atoms with Crippen molar-refractivity contribution in [3.05, 3.63) is 47.1 Å². The zero-order valence-electron chi connectivity index (χ0n) is 10.2. The quantitative estimate of drug-likeness (QED) is 0.925. The van der Waals surface area contributed by atoms with Crippen molar-refractivity contribution < 1.29 is 4.52 Å². The van der Waals surface area contributed by atoms with Crippen molar-refractivity contribution >= 4 is 12.4 Å². The van der Waals surface area contributed by atoms with Crippen LogP contribution >= 0.6 is 12.4 Å². The SMILES string of the molecule is Cc1ccccc1Cc1noc(C2(N)CC2)n1.Cl. The molecule has 3 rings (SSSR count). The Labute approximate surface area is 112 Å². The first-order chi connectivity index (χ1) is 8.17. The van der Waals surface area contributed by atoms with E-state index >= 15 is 0 Å². The number of hydrogen-bond donors (Lipinski definition) is 1. The third kappa shape index (κ3) is 2.40. The van der Waals surface area contributed by atoms with E-state index in [1.54, 1.807) is 0 Å². The first kappa shape index (κ1) is 13.1. The average Bonchev–Trinajstić information content (AvgIpc) is 2.90. The van der Waals surface area contributed by atoms with E-state index in [0.29, 0.717) is 18.1 Å². The molecule has 96 valence electrons. The van der Waals surface area contributed by atoms with Gasteiger partial charge in [0.05, 0.1) is 5.54 Å². The van der Waals surface area contributed by atoms with Crippen molar-refractivity contribution in [3.63, 3.8) is 0 Å². The van der Waals surface area contributed by atoms with E-state index in [4.69, 9.17) is 10.3 Å². The number of hydrogen-bond acceptors (Lipinski definition) is 4. The maximum atomic E-state index is 6.01.